The minimum atomic E-state index is -0.736. The molecule has 74 valence electrons. The maximum absolute atomic E-state index is 13.0. The van der Waals surface area contributed by atoms with Gasteiger partial charge in [0.05, 0.1) is 5.02 Å². The number of halogens is 2. The van der Waals surface area contributed by atoms with Crippen LogP contribution in [0.3, 0.4) is 0 Å². The highest BCUT2D eigenvalue weighted by molar-refractivity contribution is 6.33. The first-order chi connectivity index (χ1) is 6.54. The Bertz CT molecular complexity index is 393. The van der Waals surface area contributed by atoms with Crippen molar-refractivity contribution in [2.45, 2.75) is 6.92 Å². The van der Waals surface area contributed by atoms with Gasteiger partial charge < -0.3 is 5.32 Å². The smallest absolute Gasteiger partial charge is 0.221 e. The van der Waals surface area contributed by atoms with Crippen LogP contribution in [0.2, 0.25) is 5.02 Å². The second kappa shape index (κ2) is 4.19. The second-order valence-electron chi connectivity index (χ2n) is 2.66. The van der Waals surface area contributed by atoms with Gasteiger partial charge in [0.15, 0.2) is 6.29 Å². The van der Waals surface area contributed by atoms with Crippen LogP contribution in [0.15, 0.2) is 12.1 Å². The van der Waals surface area contributed by atoms with E-state index in [9.17, 15) is 14.0 Å². The average Bonchev–Trinajstić information content (AvgIpc) is 2.10. The molecule has 5 heteroatoms. The molecule has 0 heterocycles. The molecule has 0 aliphatic rings. The van der Waals surface area contributed by atoms with E-state index in [1.807, 2.05) is 0 Å². The largest absolute Gasteiger partial charge is 0.326 e. The number of benzene rings is 1. The summed E-state index contributed by atoms with van der Waals surface area (Å²) in [6.07, 6.45) is 0.427. The van der Waals surface area contributed by atoms with Crippen LogP contribution >= 0.6 is 11.6 Å². The van der Waals surface area contributed by atoms with Crippen LogP contribution in [0.4, 0.5) is 10.1 Å². The van der Waals surface area contributed by atoms with Crippen molar-refractivity contribution in [3.63, 3.8) is 0 Å². The molecule has 0 radical (unpaired) electrons. The van der Waals surface area contributed by atoms with Crippen molar-refractivity contribution in [2.75, 3.05) is 5.32 Å². The van der Waals surface area contributed by atoms with E-state index < -0.39 is 5.82 Å². The molecule has 0 bridgehead atoms. The summed E-state index contributed by atoms with van der Waals surface area (Å²) in [6, 6.07) is 2.36. The van der Waals surface area contributed by atoms with Crippen LogP contribution in [-0.2, 0) is 4.79 Å². The molecule has 0 spiro atoms. The van der Waals surface area contributed by atoms with Crippen molar-refractivity contribution in [3.05, 3.63) is 28.5 Å². The molecule has 3 nitrogen and oxygen atoms in total. The van der Waals surface area contributed by atoms with Crippen LogP contribution in [0.5, 0.6) is 0 Å². The molecule has 0 saturated carbocycles. The summed E-state index contributed by atoms with van der Waals surface area (Å²) in [4.78, 5) is 21.1. The zero-order chi connectivity index (χ0) is 10.7. The third-order valence-electron chi connectivity index (χ3n) is 1.50. The Morgan fingerprint density at radius 2 is 2.21 bits per heavy atom. The van der Waals surface area contributed by atoms with Crippen LogP contribution in [0, 0.1) is 5.82 Å². The van der Waals surface area contributed by atoms with Crippen LogP contribution in [0.1, 0.15) is 17.3 Å². The van der Waals surface area contributed by atoms with Gasteiger partial charge in [-0.3, -0.25) is 9.59 Å². The molecule has 1 rings (SSSR count). The topological polar surface area (TPSA) is 46.2 Å². The van der Waals surface area contributed by atoms with Crippen molar-refractivity contribution >= 4 is 29.5 Å². The molecule has 1 aromatic rings. The van der Waals surface area contributed by atoms with Gasteiger partial charge in [-0.15, -0.1) is 0 Å². The lowest BCUT2D eigenvalue weighted by atomic mass is 10.2. The third kappa shape index (κ3) is 2.29. The molecule has 1 amide bonds. The molecule has 14 heavy (non-hydrogen) atoms. The Kier molecular flexibility index (Phi) is 3.19. The molecule has 0 aliphatic carbocycles. The molecule has 0 unspecified atom stereocenters. The van der Waals surface area contributed by atoms with Crippen LogP contribution in [0.25, 0.3) is 0 Å². The number of hydrogen-bond donors (Lipinski definition) is 1. The van der Waals surface area contributed by atoms with Crippen molar-refractivity contribution < 1.29 is 14.0 Å². The first kappa shape index (κ1) is 10.7. The summed E-state index contributed by atoms with van der Waals surface area (Å²) >= 11 is 5.48. The maximum Gasteiger partial charge on any atom is 0.221 e. The number of carbonyl (C=O) groups excluding carboxylic acids is 2. The summed E-state index contributed by atoms with van der Waals surface area (Å²) in [7, 11) is 0. The maximum atomic E-state index is 13.0. The predicted molar refractivity (Wildman–Crippen MR) is 51.1 cm³/mol. The summed E-state index contributed by atoms with van der Waals surface area (Å²) in [6.45, 7) is 1.28. The van der Waals surface area contributed by atoms with Gasteiger partial charge in [-0.2, -0.15) is 0 Å². The fourth-order valence-corrected chi connectivity index (χ4v) is 1.13. The number of anilines is 1. The normalized spacial score (nSPS) is 9.64. The van der Waals surface area contributed by atoms with Gasteiger partial charge in [-0.05, 0) is 12.1 Å². The molecule has 0 saturated heterocycles. The number of rotatable bonds is 2. The van der Waals surface area contributed by atoms with Crippen molar-refractivity contribution in [1.29, 1.82) is 0 Å². The van der Waals surface area contributed by atoms with Crippen molar-refractivity contribution in [1.82, 2.24) is 0 Å². The molecular formula is C9H7ClFNO2. The summed E-state index contributed by atoms with van der Waals surface area (Å²) in [5.41, 5.74) is 0.219. The predicted octanol–water partition coefficient (Wildman–Crippen LogP) is 2.25. The Morgan fingerprint density at radius 3 is 2.71 bits per heavy atom. The van der Waals surface area contributed by atoms with Gasteiger partial charge in [-0.1, -0.05) is 11.6 Å². The van der Waals surface area contributed by atoms with E-state index in [4.69, 9.17) is 11.6 Å². The lowest BCUT2D eigenvalue weighted by Crippen LogP contribution is -2.06. The number of aldehydes is 1. The minimum Gasteiger partial charge on any atom is -0.326 e. The molecule has 0 fully saturated rings. The lowest BCUT2D eigenvalue weighted by molar-refractivity contribution is -0.114. The fraction of sp³-hybridized carbons (Fsp3) is 0.111. The van der Waals surface area contributed by atoms with E-state index in [0.29, 0.717) is 6.29 Å². The van der Waals surface area contributed by atoms with Gasteiger partial charge in [0.2, 0.25) is 5.91 Å². The SMILES string of the molecule is CC(=O)Nc1cc(F)c(Cl)c(C=O)c1. The minimum absolute atomic E-state index is 0.00965. The molecule has 0 aliphatic heterocycles. The molecule has 1 N–H and O–H groups in total. The van der Waals surface area contributed by atoms with E-state index in [1.54, 1.807) is 0 Å². The summed E-state index contributed by atoms with van der Waals surface area (Å²) < 4.78 is 13.0. The quantitative estimate of drug-likeness (QED) is 0.770. The van der Waals surface area contributed by atoms with Crippen molar-refractivity contribution in [3.8, 4) is 0 Å². The standard InChI is InChI=1S/C9H7ClFNO2/c1-5(14)12-7-2-6(4-13)9(10)8(11)3-7/h2-4H,1H3,(H,12,14). The Morgan fingerprint density at radius 1 is 1.57 bits per heavy atom. The van der Waals surface area contributed by atoms with Gasteiger partial charge in [-0.25, -0.2) is 4.39 Å². The van der Waals surface area contributed by atoms with Gasteiger partial charge in [0.25, 0.3) is 0 Å². The highest BCUT2D eigenvalue weighted by Crippen LogP contribution is 2.23. The van der Waals surface area contributed by atoms with E-state index in [2.05, 4.69) is 5.32 Å². The van der Waals surface area contributed by atoms with E-state index >= 15 is 0 Å². The molecule has 0 aromatic heterocycles. The molecular weight excluding hydrogens is 209 g/mol. The third-order valence-corrected chi connectivity index (χ3v) is 1.90. The number of hydrogen-bond acceptors (Lipinski definition) is 2. The van der Waals surface area contributed by atoms with Crippen molar-refractivity contribution in [2.24, 2.45) is 0 Å². The van der Waals surface area contributed by atoms with Gasteiger partial charge in [0.1, 0.15) is 5.82 Å². The highest BCUT2D eigenvalue weighted by Gasteiger charge is 2.08. The van der Waals surface area contributed by atoms with E-state index in [0.717, 1.165) is 6.07 Å². The van der Waals surface area contributed by atoms with Crippen LogP contribution < -0.4 is 5.32 Å². The number of carbonyl (C=O) groups is 2. The van der Waals surface area contributed by atoms with Gasteiger partial charge >= 0.3 is 0 Å². The Hall–Kier alpha value is -1.42. The Labute approximate surface area is 84.9 Å². The lowest BCUT2D eigenvalue weighted by Gasteiger charge is -2.04. The molecule has 0 atom stereocenters. The second-order valence-corrected chi connectivity index (χ2v) is 3.04. The molecule has 1 aromatic carbocycles. The highest BCUT2D eigenvalue weighted by atomic mass is 35.5. The first-order valence-electron chi connectivity index (χ1n) is 3.76. The summed E-state index contributed by atoms with van der Waals surface area (Å²) in [5.74, 6) is -1.08. The zero-order valence-electron chi connectivity index (χ0n) is 7.30. The number of nitrogens with one attached hydrogen (secondary N) is 1. The Balaban J connectivity index is 3.15. The van der Waals surface area contributed by atoms with E-state index in [-0.39, 0.29) is 22.2 Å². The fourth-order valence-electron chi connectivity index (χ4n) is 0.972. The van der Waals surface area contributed by atoms with Crippen LogP contribution in [-0.4, -0.2) is 12.2 Å². The first-order valence-corrected chi connectivity index (χ1v) is 4.14. The average molecular weight is 216 g/mol. The number of amides is 1. The summed E-state index contributed by atoms with van der Waals surface area (Å²) in [5, 5.41) is 2.11. The monoisotopic (exact) mass is 215 g/mol. The van der Waals surface area contributed by atoms with Gasteiger partial charge in [0, 0.05) is 18.2 Å². The van der Waals surface area contributed by atoms with E-state index in [1.165, 1.54) is 13.0 Å². The zero-order valence-corrected chi connectivity index (χ0v) is 8.06.